The van der Waals surface area contributed by atoms with E-state index in [1.165, 1.54) is 7.11 Å². The first-order valence-electron chi connectivity index (χ1n) is 3.50. The van der Waals surface area contributed by atoms with Gasteiger partial charge in [0.1, 0.15) is 11.0 Å². The van der Waals surface area contributed by atoms with Crippen LogP contribution in [0.1, 0.15) is 5.56 Å². The van der Waals surface area contributed by atoms with Crippen LogP contribution in [0.3, 0.4) is 0 Å². The van der Waals surface area contributed by atoms with Gasteiger partial charge in [-0.2, -0.15) is 0 Å². The van der Waals surface area contributed by atoms with Gasteiger partial charge in [-0.3, -0.25) is 4.79 Å². The van der Waals surface area contributed by atoms with Gasteiger partial charge in [-0.25, -0.2) is 9.37 Å². The molecule has 1 aromatic heterocycles. The highest BCUT2D eigenvalue weighted by Crippen LogP contribution is 2.14. The third-order valence-corrected chi connectivity index (χ3v) is 1.78. The first-order valence-corrected chi connectivity index (χ1v) is 3.88. The number of hydrogen-bond acceptors (Lipinski definition) is 3. The maximum absolute atomic E-state index is 12.6. The van der Waals surface area contributed by atoms with Crippen LogP contribution in [0, 0.1) is 5.82 Å². The van der Waals surface area contributed by atoms with Gasteiger partial charge in [-0.15, -0.1) is 0 Å². The molecule has 0 N–H and O–H groups in total. The third kappa shape index (κ3) is 2.66. The van der Waals surface area contributed by atoms with Crippen molar-refractivity contribution in [2.24, 2.45) is 0 Å². The average molecular weight is 204 g/mol. The van der Waals surface area contributed by atoms with E-state index in [4.69, 9.17) is 11.6 Å². The molecule has 0 bridgehead atoms. The maximum Gasteiger partial charge on any atom is 0.310 e. The second-order valence-electron chi connectivity index (χ2n) is 2.36. The Labute approximate surface area is 79.5 Å². The van der Waals surface area contributed by atoms with Crippen molar-refractivity contribution in [2.45, 2.75) is 6.42 Å². The Kier molecular flexibility index (Phi) is 3.19. The average Bonchev–Trinajstić information content (AvgIpc) is 2.11. The molecule has 5 heteroatoms. The normalized spacial score (nSPS) is 9.77. The summed E-state index contributed by atoms with van der Waals surface area (Å²) in [6.45, 7) is 0. The second-order valence-corrected chi connectivity index (χ2v) is 2.71. The monoisotopic (exact) mass is 203 g/mol. The van der Waals surface area contributed by atoms with Crippen LogP contribution in [0.5, 0.6) is 0 Å². The first-order chi connectivity index (χ1) is 6.13. The van der Waals surface area contributed by atoms with Crippen molar-refractivity contribution in [3.05, 3.63) is 28.8 Å². The SMILES string of the molecule is COC(=O)Cc1cc(F)cnc1Cl. The van der Waals surface area contributed by atoms with Crippen LogP contribution in [0.25, 0.3) is 0 Å². The minimum absolute atomic E-state index is 0.0694. The van der Waals surface area contributed by atoms with Crippen LogP contribution < -0.4 is 0 Å². The summed E-state index contributed by atoms with van der Waals surface area (Å²) >= 11 is 5.61. The number of esters is 1. The quantitative estimate of drug-likeness (QED) is 0.541. The molecule has 0 radical (unpaired) electrons. The van der Waals surface area contributed by atoms with Gasteiger partial charge in [0, 0.05) is 5.56 Å². The topological polar surface area (TPSA) is 39.2 Å². The Morgan fingerprint density at radius 1 is 1.77 bits per heavy atom. The maximum atomic E-state index is 12.6. The highest BCUT2D eigenvalue weighted by molar-refractivity contribution is 6.30. The molecule has 0 saturated carbocycles. The number of halogens is 2. The fourth-order valence-corrected chi connectivity index (χ4v) is 0.986. The van der Waals surface area contributed by atoms with Crippen LogP contribution in [0.15, 0.2) is 12.3 Å². The summed E-state index contributed by atoms with van der Waals surface area (Å²) in [5, 5.41) is 0.117. The van der Waals surface area contributed by atoms with Gasteiger partial charge in [0.25, 0.3) is 0 Å². The lowest BCUT2D eigenvalue weighted by Crippen LogP contribution is -2.05. The molecule has 0 amide bonds. The van der Waals surface area contributed by atoms with Crippen molar-refractivity contribution in [3.63, 3.8) is 0 Å². The Morgan fingerprint density at radius 2 is 2.46 bits per heavy atom. The van der Waals surface area contributed by atoms with E-state index in [9.17, 15) is 9.18 Å². The molecule has 0 aliphatic carbocycles. The predicted octanol–water partition coefficient (Wildman–Crippen LogP) is 1.59. The molecule has 1 aromatic rings. The van der Waals surface area contributed by atoms with Crippen molar-refractivity contribution >= 4 is 17.6 Å². The number of pyridine rings is 1. The summed E-state index contributed by atoms with van der Waals surface area (Å²) in [5.74, 6) is -1.00. The van der Waals surface area contributed by atoms with Crippen LogP contribution >= 0.6 is 11.6 Å². The van der Waals surface area contributed by atoms with E-state index in [1.54, 1.807) is 0 Å². The number of carbonyl (C=O) groups is 1. The molecule has 0 aliphatic heterocycles. The zero-order valence-corrected chi connectivity index (χ0v) is 7.64. The predicted molar refractivity (Wildman–Crippen MR) is 44.9 cm³/mol. The van der Waals surface area contributed by atoms with Crippen molar-refractivity contribution in [2.75, 3.05) is 7.11 Å². The summed E-state index contributed by atoms with van der Waals surface area (Å²) in [5.41, 5.74) is 0.327. The fraction of sp³-hybridized carbons (Fsp3) is 0.250. The lowest BCUT2D eigenvalue weighted by Gasteiger charge is -2.01. The molecule has 13 heavy (non-hydrogen) atoms. The minimum Gasteiger partial charge on any atom is -0.469 e. The summed E-state index contributed by atoms with van der Waals surface area (Å²) in [4.78, 5) is 14.4. The highest BCUT2D eigenvalue weighted by Gasteiger charge is 2.08. The van der Waals surface area contributed by atoms with E-state index in [-0.39, 0.29) is 11.6 Å². The van der Waals surface area contributed by atoms with E-state index in [1.807, 2.05) is 0 Å². The van der Waals surface area contributed by atoms with Gasteiger partial charge >= 0.3 is 5.97 Å². The largest absolute Gasteiger partial charge is 0.469 e. The zero-order valence-electron chi connectivity index (χ0n) is 6.88. The standard InChI is InChI=1S/C8H7ClFNO2/c1-13-7(12)3-5-2-6(10)4-11-8(5)9/h2,4H,3H2,1H3. The number of hydrogen-bond donors (Lipinski definition) is 0. The van der Waals surface area contributed by atoms with Gasteiger partial charge in [0.2, 0.25) is 0 Å². The summed E-state index contributed by atoms with van der Waals surface area (Å²) in [6, 6.07) is 1.16. The molecule has 0 spiro atoms. The van der Waals surface area contributed by atoms with E-state index in [0.717, 1.165) is 12.3 Å². The number of aromatic nitrogens is 1. The molecular formula is C8H7ClFNO2. The Bertz CT molecular complexity index is 330. The minimum atomic E-state index is -0.525. The van der Waals surface area contributed by atoms with Gasteiger partial charge < -0.3 is 4.74 Å². The van der Waals surface area contributed by atoms with Gasteiger partial charge in [-0.05, 0) is 6.07 Å². The molecule has 70 valence electrons. The molecule has 1 rings (SSSR count). The highest BCUT2D eigenvalue weighted by atomic mass is 35.5. The molecule has 0 unspecified atom stereocenters. The Balaban J connectivity index is 2.87. The number of methoxy groups -OCH3 is 1. The summed E-state index contributed by atoms with van der Waals surface area (Å²) < 4.78 is 17.0. The molecule has 0 aromatic carbocycles. The molecule has 0 saturated heterocycles. The fourth-order valence-electron chi connectivity index (χ4n) is 0.816. The zero-order chi connectivity index (χ0) is 9.84. The summed E-state index contributed by atoms with van der Waals surface area (Å²) in [7, 11) is 1.25. The van der Waals surface area contributed by atoms with Crippen molar-refractivity contribution < 1.29 is 13.9 Å². The first kappa shape index (κ1) is 9.92. The summed E-state index contributed by atoms with van der Waals surface area (Å²) in [6.07, 6.45) is 0.920. The molecule has 3 nitrogen and oxygen atoms in total. The Hall–Kier alpha value is -1.16. The van der Waals surface area contributed by atoms with E-state index < -0.39 is 11.8 Å². The van der Waals surface area contributed by atoms with Crippen LogP contribution in [-0.4, -0.2) is 18.1 Å². The molecule has 0 atom stereocenters. The van der Waals surface area contributed by atoms with E-state index in [0.29, 0.717) is 5.56 Å². The third-order valence-electron chi connectivity index (χ3n) is 1.44. The number of rotatable bonds is 2. The second kappa shape index (κ2) is 4.18. The number of carbonyl (C=O) groups excluding carboxylic acids is 1. The lowest BCUT2D eigenvalue weighted by molar-refractivity contribution is -0.139. The molecular weight excluding hydrogens is 197 g/mol. The van der Waals surface area contributed by atoms with Crippen molar-refractivity contribution in [3.8, 4) is 0 Å². The Morgan fingerprint density at radius 3 is 3.08 bits per heavy atom. The molecule has 0 aliphatic rings. The van der Waals surface area contributed by atoms with Crippen LogP contribution in [0.4, 0.5) is 4.39 Å². The van der Waals surface area contributed by atoms with Crippen LogP contribution in [0.2, 0.25) is 5.15 Å². The van der Waals surface area contributed by atoms with Crippen LogP contribution in [-0.2, 0) is 16.0 Å². The van der Waals surface area contributed by atoms with Gasteiger partial charge in [0.15, 0.2) is 0 Å². The molecule has 0 fully saturated rings. The number of ether oxygens (including phenoxy) is 1. The van der Waals surface area contributed by atoms with Gasteiger partial charge in [0.05, 0.1) is 19.7 Å². The van der Waals surface area contributed by atoms with Crippen molar-refractivity contribution in [1.29, 1.82) is 0 Å². The van der Waals surface area contributed by atoms with Crippen molar-refractivity contribution in [1.82, 2.24) is 4.98 Å². The van der Waals surface area contributed by atoms with Gasteiger partial charge in [-0.1, -0.05) is 11.6 Å². The lowest BCUT2D eigenvalue weighted by atomic mass is 10.2. The van der Waals surface area contributed by atoms with E-state index >= 15 is 0 Å². The smallest absolute Gasteiger partial charge is 0.310 e. The molecule has 1 heterocycles. The number of nitrogens with zero attached hydrogens (tertiary/aromatic N) is 1. The van der Waals surface area contributed by atoms with E-state index in [2.05, 4.69) is 9.72 Å².